The molecular formula is C15H17NO2. The van der Waals surface area contributed by atoms with E-state index < -0.39 is 0 Å². The SMILES string of the molecule is CCc1ccc(CCC(=O)Nc2ccccc2)o1. The fraction of sp³-hybridized carbons (Fsp3) is 0.267. The Morgan fingerprint density at radius 2 is 1.83 bits per heavy atom. The van der Waals surface area contributed by atoms with Crippen LogP contribution in [0.15, 0.2) is 46.9 Å². The molecule has 0 atom stereocenters. The predicted molar refractivity (Wildman–Crippen MR) is 71.5 cm³/mol. The van der Waals surface area contributed by atoms with Gasteiger partial charge in [-0.2, -0.15) is 0 Å². The number of para-hydroxylation sites is 1. The number of furan rings is 1. The van der Waals surface area contributed by atoms with Crippen molar-refractivity contribution in [2.45, 2.75) is 26.2 Å². The Hall–Kier alpha value is -2.03. The molecule has 0 spiro atoms. The van der Waals surface area contributed by atoms with Crippen LogP contribution in [0.25, 0.3) is 0 Å². The van der Waals surface area contributed by atoms with Crippen LogP contribution >= 0.6 is 0 Å². The molecule has 0 saturated carbocycles. The molecule has 0 radical (unpaired) electrons. The summed E-state index contributed by atoms with van der Waals surface area (Å²) < 4.78 is 5.55. The molecule has 2 aromatic rings. The van der Waals surface area contributed by atoms with E-state index in [-0.39, 0.29) is 5.91 Å². The largest absolute Gasteiger partial charge is 0.466 e. The zero-order valence-electron chi connectivity index (χ0n) is 10.5. The number of anilines is 1. The standard InChI is InChI=1S/C15H17NO2/c1-2-13-8-9-14(18-13)10-11-15(17)16-12-6-4-3-5-7-12/h3-9H,2,10-11H2,1H3,(H,16,17). The smallest absolute Gasteiger partial charge is 0.224 e. The van der Waals surface area contributed by atoms with Gasteiger partial charge in [0.1, 0.15) is 11.5 Å². The van der Waals surface area contributed by atoms with Crippen LogP contribution in [0.5, 0.6) is 0 Å². The average Bonchev–Trinajstić information content (AvgIpc) is 2.85. The van der Waals surface area contributed by atoms with Crippen LogP contribution in [0.3, 0.4) is 0 Å². The van der Waals surface area contributed by atoms with Crippen LogP contribution in [0.2, 0.25) is 0 Å². The Balaban J connectivity index is 1.81. The van der Waals surface area contributed by atoms with Crippen molar-refractivity contribution in [3.8, 4) is 0 Å². The highest BCUT2D eigenvalue weighted by Crippen LogP contribution is 2.11. The molecule has 0 bridgehead atoms. The monoisotopic (exact) mass is 243 g/mol. The minimum absolute atomic E-state index is 0.00986. The third-order valence-corrected chi connectivity index (χ3v) is 2.72. The zero-order chi connectivity index (χ0) is 12.8. The molecular weight excluding hydrogens is 226 g/mol. The molecule has 1 aromatic carbocycles. The number of aryl methyl sites for hydroxylation is 2. The zero-order valence-corrected chi connectivity index (χ0v) is 10.5. The summed E-state index contributed by atoms with van der Waals surface area (Å²) in [7, 11) is 0. The van der Waals surface area contributed by atoms with Crippen molar-refractivity contribution in [1.29, 1.82) is 0 Å². The van der Waals surface area contributed by atoms with Gasteiger partial charge in [0.05, 0.1) is 0 Å². The second-order valence-corrected chi connectivity index (χ2v) is 4.14. The number of carbonyl (C=O) groups excluding carboxylic acids is 1. The maximum absolute atomic E-state index is 11.7. The number of nitrogens with one attached hydrogen (secondary N) is 1. The molecule has 18 heavy (non-hydrogen) atoms. The summed E-state index contributed by atoms with van der Waals surface area (Å²) in [5.74, 6) is 1.85. The molecule has 0 saturated heterocycles. The molecule has 2 rings (SSSR count). The van der Waals surface area contributed by atoms with E-state index in [9.17, 15) is 4.79 Å². The van der Waals surface area contributed by atoms with E-state index in [1.807, 2.05) is 49.4 Å². The molecule has 3 nitrogen and oxygen atoms in total. The van der Waals surface area contributed by atoms with E-state index in [1.54, 1.807) is 0 Å². The van der Waals surface area contributed by atoms with Crippen molar-refractivity contribution < 1.29 is 9.21 Å². The van der Waals surface area contributed by atoms with Gasteiger partial charge in [-0.1, -0.05) is 25.1 Å². The third-order valence-electron chi connectivity index (χ3n) is 2.72. The number of benzene rings is 1. The van der Waals surface area contributed by atoms with Crippen molar-refractivity contribution >= 4 is 11.6 Å². The molecule has 0 fully saturated rings. The van der Waals surface area contributed by atoms with Gasteiger partial charge in [-0.25, -0.2) is 0 Å². The minimum Gasteiger partial charge on any atom is -0.466 e. The van der Waals surface area contributed by atoms with Gasteiger partial charge < -0.3 is 9.73 Å². The Kier molecular flexibility index (Phi) is 4.18. The molecule has 1 amide bonds. The molecule has 1 aromatic heterocycles. The maximum atomic E-state index is 11.7. The van der Waals surface area contributed by atoms with Gasteiger partial charge in [0.2, 0.25) is 5.91 Å². The fourth-order valence-corrected chi connectivity index (χ4v) is 1.73. The lowest BCUT2D eigenvalue weighted by molar-refractivity contribution is -0.116. The minimum atomic E-state index is 0.00986. The van der Waals surface area contributed by atoms with Crippen LogP contribution in [0.4, 0.5) is 5.69 Å². The van der Waals surface area contributed by atoms with Gasteiger partial charge >= 0.3 is 0 Å². The Labute approximate surface area is 107 Å². The van der Waals surface area contributed by atoms with E-state index in [0.717, 1.165) is 23.6 Å². The van der Waals surface area contributed by atoms with Crippen molar-refractivity contribution in [3.63, 3.8) is 0 Å². The van der Waals surface area contributed by atoms with Gasteiger partial charge in [-0.05, 0) is 24.3 Å². The van der Waals surface area contributed by atoms with Gasteiger partial charge in [-0.3, -0.25) is 4.79 Å². The average molecular weight is 243 g/mol. The summed E-state index contributed by atoms with van der Waals surface area (Å²) in [5.41, 5.74) is 0.830. The third kappa shape index (κ3) is 3.48. The maximum Gasteiger partial charge on any atom is 0.224 e. The lowest BCUT2D eigenvalue weighted by Gasteiger charge is -2.03. The second-order valence-electron chi connectivity index (χ2n) is 4.14. The topological polar surface area (TPSA) is 42.2 Å². The van der Waals surface area contributed by atoms with E-state index in [4.69, 9.17) is 4.42 Å². The van der Waals surface area contributed by atoms with E-state index in [1.165, 1.54) is 0 Å². The van der Waals surface area contributed by atoms with Crippen LogP contribution in [-0.4, -0.2) is 5.91 Å². The number of rotatable bonds is 5. The summed E-state index contributed by atoms with van der Waals surface area (Å²) in [6.45, 7) is 2.05. The van der Waals surface area contributed by atoms with E-state index in [0.29, 0.717) is 12.8 Å². The quantitative estimate of drug-likeness (QED) is 0.874. The first kappa shape index (κ1) is 12.4. The number of carbonyl (C=O) groups is 1. The number of hydrogen-bond acceptors (Lipinski definition) is 2. The second kappa shape index (κ2) is 6.05. The molecule has 0 aliphatic rings. The number of hydrogen-bond donors (Lipinski definition) is 1. The van der Waals surface area contributed by atoms with Crippen LogP contribution in [-0.2, 0) is 17.6 Å². The van der Waals surface area contributed by atoms with Crippen LogP contribution < -0.4 is 5.32 Å². The summed E-state index contributed by atoms with van der Waals surface area (Å²) >= 11 is 0. The summed E-state index contributed by atoms with van der Waals surface area (Å²) in [6, 6.07) is 13.4. The lowest BCUT2D eigenvalue weighted by atomic mass is 10.2. The predicted octanol–water partition coefficient (Wildman–Crippen LogP) is 3.41. The highest BCUT2D eigenvalue weighted by molar-refractivity contribution is 5.90. The van der Waals surface area contributed by atoms with E-state index in [2.05, 4.69) is 5.32 Å². The lowest BCUT2D eigenvalue weighted by Crippen LogP contribution is -2.11. The first-order valence-corrected chi connectivity index (χ1v) is 6.20. The Bertz CT molecular complexity index is 502. The Morgan fingerprint density at radius 3 is 2.50 bits per heavy atom. The van der Waals surface area contributed by atoms with Crippen molar-refractivity contribution in [2.75, 3.05) is 5.32 Å². The summed E-state index contributed by atoms with van der Waals surface area (Å²) in [6.07, 6.45) is 1.96. The summed E-state index contributed by atoms with van der Waals surface area (Å²) in [4.78, 5) is 11.7. The number of amides is 1. The fourth-order valence-electron chi connectivity index (χ4n) is 1.73. The Morgan fingerprint density at radius 1 is 1.11 bits per heavy atom. The normalized spacial score (nSPS) is 10.3. The molecule has 0 unspecified atom stereocenters. The van der Waals surface area contributed by atoms with Gasteiger partial charge in [0, 0.05) is 24.9 Å². The van der Waals surface area contributed by atoms with E-state index >= 15 is 0 Å². The van der Waals surface area contributed by atoms with Crippen molar-refractivity contribution in [3.05, 3.63) is 54.0 Å². The molecule has 0 aliphatic heterocycles. The first-order chi connectivity index (χ1) is 8.78. The van der Waals surface area contributed by atoms with Gasteiger partial charge in [0.15, 0.2) is 0 Å². The summed E-state index contributed by atoms with van der Waals surface area (Å²) in [5, 5.41) is 2.85. The first-order valence-electron chi connectivity index (χ1n) is 6.20. The van der Waals surface area contributed by atoms with Gasteiger partial charge in [0.25, 0.3) is 0 Å². The highest BCUT2D eigenvalue weighted by atomic mass is 16.3. The molecule has 1 heterocycles. The van der Waals surface area contributed by atoms with Crippen molar-refractivity contribution in [1.82, 2.24) is 0 Å². The van der Waals surface area contributed by atoms with Crippen LogP contribution in [0, 0.1) is 0 Å². The molecule has 3 heteroatoms. The molecule has 1 N–H and O–H groups in total. The highest BCUT2D eigenvalue weighted by Gasteiger charge is 2.05. The van der Waals surface area contributed by atoms with Gasteiger partial charge in [-0.15, -0.1) is 0 Å². The van der Waals surface area contributed by atoms with Crippen LogP contribution in [0.1, 0.15) is 24.9 Å². The molecule has 94 valence electrons. The molecule has 0 aliphatic carbocycles. The van der Waals surface area contributed by atoms with Crippen molar-refractivity contribution in [2.24, 2.45) is 0 Å².